The number of aromatic nitrogens is 1. The summed E-state index contributed by atoms with van der Waals surface area (Å²) in [5.74, 6) is -0.253. The van der Waals surface area contributed by atoms with Gasteiger partial charge in [0.25, 0.3) is 5.91 Å². The van der Waals surface area contributed by atoms with E-state index in [1.54, 1.807) is 24.3 Å². The number of hydrogen-bond donors (Lipinski definition) is 2. The van der Waals surface area contributed by atoms with E-state index in [-0.39, 0.29) is 11.7 Å². The van der Waals surface area contributed by atoms with Gasteiger partial charge in [-0.15, -0.1) is 0 Å². The van der Waals surface area contributed by atoms with Crippen LogP contribution in [0.5, 0.6) is 5.75 Å². The number of phenols is 1. The average Bonchev–Trinajstić information content (AvgIpc) is 2.50. The van der Waals surface area contributed by atoms with Gasteiger partial charge < -0.3 is 10.4 Å². The quantitative estimate of drug-likeness (QED) is 0.705. The van der Waals surface area contributed by atoms with Crippen LogP contribution < -0.4 is 5.32 Å². The van der Waals surface area contributed by atoms with Crippen LogP contribution in [-0.2, 0) is 0 Å². The molecule has 0 saturated carbocycles. The van der Waals surface area contributed by atoms with E-state index < -0.39 is 0 Å². The van der Waals surface area contributed by atoms with Crippen molar-refractivity contribution >= 4 is 22.5 Å². The number of carbonyl (C=O) groups excluding carboxylic acids is 1. The van der Waals surface area contributed by atoms with E-state index in [1.165, 1.54) is 6.20 Å². The molecule has 0 saturated heterocycles. The highest BCUT2D eigenvalue weighted by Gasteiger charge is 2.10. The highest BCUT2D eigenvalue weighted by atomic mass is 16.3. The minimum absolute atomic E-state index is 0.0442. The molecule has 0 fully saturated rings. The summed E-state index contributed by atoms with van der Waals surface area (Å²) in [5, 5.41) is 13.4. The third kappa shape index (κ3) is 2.69. The number of nitrogens with one attached hydrogen (secondary N) is 1. The molecule has 1 aromatic heterocycles. The first kappa shape index (κ1) is 13.1. The maximum Gasteiger partial charge on any atom is 0.257 e. The predicted molar refractivity (Wildman–Crippen MR) is 82.5 cm³/mol. The lowest BCUT2D eigenvalue weighted by Crippen LogP contribution is -2.12. The maximum atomic E-state index is 12.3. The standard InChI is InChI=1S/C17H14N2O2/c1-11-6-7-16(20)15(8-11)19-17(21)13-9-12-4-2-3-5-14(12)18-10-13/h2-10,20H,1H3,(H,19,21). The number of aryl methyl sites for hydroxylation is 1. The SMILES string of the molecule is Cc1ccc(O)c(NC(=O)c2cnc3ccccc3c2)c1. The smallest absolute Gasteiger partial charge is 0.257 e. The molecule has 1 amide bonds. The van der Waals surface area contributed by atoms with Crippen LogP contribution in [0.3, 0.4) is 0 Å². The fourth-order valence-corrected chi connectivity index (χ4v) is 2.14. The Morgan fingerprint density at radius 2 is 1.95 bits per heavy atom. The van der Waals surface area contributed by atoms with Gasteiger partial charge >= 0.3 is 0 Å². The van der Waals surface area contributed by atoms with E-state index in [2.05, 4.69) is 10.3 Å². The molecule has 3 aromatic rings. The molecular formula is C17H14N2O2. The molecule has 3 rings (SSSR count). The number of hydrogen-bond acceptors (Lipinski definition) is 3. The van der Waals surface area contributed by atoms with Crippen molar-refractivity contribution in [3.05, 3.63) is 65.9 Å². The Morgan fingerprint density at radius 1 is 1.14 bits per heavy atom. The zero-order valence-corrected chi connectivity index (χ0v) is 11.5. The number of amides is 1. The van der Waals surface area contributed by atoms with Gasteiger partial charge in [-0.1, -0.05) is 24.3 Å². The van der Waals surface area contributed by atoms with Gasteiger partial charge in [0.1, 0.15) is 5.75 Å². The molecule has 2 N–H and O–H groups in total. The fourth-order valence-electron chi connectivity index (χ4n) is 2.14. The third-order valence-corrected chi connectivity index (χ3v) is 3.25. The van der Waals surface area contributed by atoms with Crippen LogP contribution in [0, 0.1) is 6.92 Å². The Balaban J connectivity index is 1.91. The first-order chi connectivity index (χ1) is 10.1. The Kier molecular flexibility index (Phi) is 3.28. The summed E-state index contributed by atoms with van der Waals surface area (Å²) in [6.07, 6.45) is 1.53. The number of para-hydroxylation sites is 1. The second kappa shape index (κ2) is 5.25. The van der Waals surface area contributed by atoms with Crippen LogP contribution >= 0.6 is 0 Å². The molecule has 0 aliphatic rings. The Morgan fingerprint density at radius 3 is 2.81 bits per heavy atom. The molecule has 0 spiro atoms. The van der Waals surface area contributed by atoms with Crippen LogP contribution in [0.1, 0.15) is 15.9 Å². The lowest BCUT2D eigenvalue weighted by molar-refractivity contribution is 0.102. The molecule has 0 atom stereocenters. The van der Waals surface area contributed by atoms with Gasteiger partial charge in [0.2, 0.25) is 0 Å². The van der Waals surface area contributed by atoms with Crippen LogP contribution in [0.4, 0.5) is 5.69 Å². The molecule has 0 aliphatic carbocycles. The van der Waals surface area contributed by atoms with Gasteiger partial charge in [-0.05, 0) is 36.8 Å². The highest BCUT2D eigenvalue weighted by molar-refractivity contribution is 6.06. The van der Waals surface area contributed by atoms with E-state index in [9.17, 15) is 9.90 Å². The van der Waals surface area contributed by atoms with E-state index >= 15 is 0 Å². The fraction of sp³-hybridized carbons (Fsp3) is 0.0588. The molecular weight excluding hydrogens is 264 g/mol. The van der Waals surface area contributed by atoms with Crippen LogP contribution in [0.15, 0.2) is 54.7 Å². The monoisotopic (exact) mass is 278 g/mol. The highest BCUT2D eigenvalue weighted by Crippen LogP contribution is 2.24. The number of nitrogens with zero attached hydrogens (tertiary/aromatic N) is 1. The molecule has 4 nitrogen and oxygen atoms in total. The van der Waals surface area contributed by atoms with Crippen LogP contribution in [0.25, 0.3) is 10.9 Å². The van der Waals surface area contributed by atoms with Crippen molar-refractivity contribution in [2.75, 3.05) is 5.32 Å². The molecule has 4 heteroatoms. The number of anilines is 1. The minimum atomic E-state index is -0.297. The lowest BCUT2D eigenvalue weighted by Gasteiger charge is -2.08. The van der Waals surface area contributed by atoms with Crippen molar-refractivity contribution in [3.63, 3.8) is 0 Å². The number of phenolic OH excluding ortho intramolecular Hbond substituents is 1. The maximum absolute atomic E-state index is 12.3. The van der Waals surface area contributed by atoms with Gasteiger partial charge in [-0.25, -0.2) is 0 Å². The third-order valence-electron chi connectivity index (χ3n) is 3.25. The second-order valence-electron chi connectivity index (χ2n) is 4.89. The number of carbonyl (C=O) groups is 1. The average molecular weight is 278 g/mol. The zero-order valence-electron chi connectivity index (χ0n) is 11.5. The Labute approximate surface area is 122 Å². The van der Waals surface area contributed by atoms with E-state index in [0.29, 0.717) is 11.3 Å². The van der Waals surface area contributed by atoms with Gasteiger partial charge in [-0.2, -0.15) is 0 Å². The summed E-state index contributed by atoms with van der Waals surface area (Å²) in [6.45, 7) is 1.90. The van der Waals surface area contributed by atoms with Gasteiger partial charge in [-0.3, -0.25) is 9.78 Å². The summed E-state index contributed by atoms with van der Waals surface area (Å²) in [6, 6.07) is 14.4. The number of rotatable bonds is 2. The zero-order chi connectivity index (χ0) is 14.8. The molecule has 2 aromatic carbocycles. The van der Waals surface area contributed by atoms with E-state index in [1.807, 2.05) is 31.2 Å². The molecule has 0 unspecified atom stereocenters. The van der Waals surface area contributed by atoms with Gasteiger partial charge in [0.05, 0.1) is 16.8 Å². The Bertz CT molecular complexity index is 828. The van der Waals surface area contributed by atoms with E-state index in [4.69, 9.17) is 0 Å². The number of fused-ring (bicyclic) bond motifs is 1. The largest absolute Gasteiger partial charge is 0.506 e. The predicted octanol–water partition coefficient (Wildman–Crippen LogP) is 3.50. The number of benzene rings is 2. The Hall–Kier alpha value is -2.88. The van der Waals surface area contributed by atoms with Crippen molar-refractivity contribution in [1.29, 1.82) is 0 Å². The molecule has 0 bridgehead atoms. The molecule has 21 heavy (non-hydrogen) atoms. The van der Waals surface area contributed by atoms with Crippen LogP contribution in [-0.4, -0.2) is 16.0 Å². The topological polar surface area (TPSA) is 62.2 Å². The van der Waals surface area contributed by atoms with Crippen molar-refractivity contribution < 1.29 is 9.90 Å². The lowest BCUT2D eigenvalue weighted by atomic mass is 10.1. The van der Waals surface area contributed by atoms with Gasteiger partial charge in [0.15, 0.2) is 0 Å². The van der Waals surface area contributed by atoms with Crippen molar-refractivity contribution in [2.24, 2.45) is 0 Å². The van der Waals surface area contributed by atoms with Crippen LogP contribution in [0.2, 0.25) is 0 Å². The van der Waals surface area contributed by atoms with E-state index in [0.717, 1.165) is 16.5 Å². The summed E-state index contributed by atoms with van der Waals surface area (Å²) in [5.41, 5.74) is 2.65. The molecule has 0 radical (unpaired) electrons. The number of pyridine rings is 1. The second-order valence-corrected chi connectivity index (χ2v) is 4.89. The van der Waals surface area contributed by atoms with Crippen molar-refractivity contribution in [3.8, 4) is 5.75 Å². The summed E-state index contributed by atoms with van der Waals surface area (Å²) in [4.78, 5) is 16.5. The molecule has 0 aliphatic heterocycles. The van der Waals surface area contributed by atoms with Crippen molar-refractivity contribution in [2.45, 2.75) is 6.92 Å². The summed E-state index contributed by atoms with van der Waals surface area (Å²) < 4.78 is 0. The first-order valence-corrected chi connectivity index (χ1v) is 6.59. The summed E-state index contributed by atoms with van der Waals surface area (Å²) in [7, 11) is 0. The summed E-state index contributed by atoms with van der Waals surface area (Å²) >= 11 is 0. The van der Waals surface area contributed by atoms with Gasteiger partial charge in [0, 0.05) is 11.6 Å². The first-order valence-electron chi connectivity index (χ1n) is 6.59. The molecule has 1 heterocycles. The molecule has 104 valence electrons. The number of aromatic hydroxyl groups is 1. The minimum Gasteiger partial charge on any atom is -0.506 e. The van der Waals surface area contributed by atoms with Crippen molar-refractivity contribution in [1.82, 2.24) is 4.98 Å². The normalized spacial score (nSPS) is 10.5.